The van der Waals surface area contributed by atoms with Crippen molar-refractivity contribution in [1.82, 2.24) is 24.8 Å². The number of hydrogen-bond donors (Lipinski definition) is 4. The predicted octanol–water partition coefficient (Wildman–Crippen LogP) is 0.531. The number of nitrogens with zero attached hydrogens (tertiary/aromatic N) is 3. The maximum atomic E-state index is 12.6. The number of alkyl carbamates (subject to hydrolysis) is 1. The van der Waals surface area contributed by atoms with Gasteiger partial charge in [-0.1, -0.05) is 44.2 Å². The number of hydrogen-bond acceptors (Lipinski definition) is 10. The van der Waals surface area contributed by atoms with E-state index in [0.29, 0.717) is 0 Å². The monoisotopic (exact) mass is 488 g/mol. The number of carbonyl (C=O) groups is 2. The third-order valence-electron chi connectivity index (χ3n) is 4.96. The number of H-pyrrole nitrogens is 1. The second kappa shape index (κ2) is 11.9. The van der Waals surface area contributed by atoms with Gasteiger partial charge >= 0.3 is 12.1 Å². The average molecular weight is 489 g/mol. The fraction of sp³-hybridized carbons (Fsp3) is 0.409. The van der Waals surface area contributed by atoms with E-state index in [4.69, 9.17) is 19.9 Å². The number of anilines is 1. The van der Waals surface area contributed by atoms with Crippen molar-refractivity contribution in [1.29, 1.82) is 0 Å². The number of aromatic nitrogens is 4. The van der Waals surface area contributed by atoms with Crippen LogP contribution in [0.1, 0.15) is 19.4 Å². The van der Waals surface area contributed by atoms with Crippen molar-refractivity contribution in [2.45, 2.75) is 39.3 Å². The molecular weight excluding hydrogens is 460 g/mol. The molecule has 1 amide bonds. The van der Waals surface area contributed by atoms with E-state index in [1.54, 1.807) is 13.8 Å². The summed E-state index contributed by atoms with van der Waals surface area (Å²) in [7, 11) is 0. The number of nitrogens with two attached hydrogens (primary N) is 1. The first-order valence-corrected chi connectivity index (χ1v) is 10.9. The van der Waals surface area contributed by atoms with Crippen molar-refractivity contribution in [3.05, 3.63) is 52.6 Å². The van der Waals surface area contributed by atoms with Crippen LogP contribution in [-0.4, -0.2) is 62.0 Å². The Bertz CT molecular complexity index is 1190. The first kappa shape index (κ1) is 25.6. The number of aliphatic hydroxyl groups is 1. The van der Waals surface area contributed by atoms with Crippen LogP contribution in [0.5, 0.6) is 0 Å². The normalized spacial score (nSPS) is 12.9. The minimum absolute atomic E-state index is 0.0578. The molecule has 0 bridgehead atoms. The Morgan fingerprint density at radius 2 is 1.97 bits per heavy atom. The molecule has 5 N–H and O–H groups in total. The number of rotatable bonds is 11. The molecule has 0 saturated carbocycles. The van der Waals surface area contributed by atoms with Gasteiger partial charge in [-0.25, -0.2) is 14.6 Å². The second-order valence-electron chi connectivity index (χ2n) is 8.00. The molecule has 13 heteroatoms. The molecule has 188 valence electrons. The number of imidazole rings is 1. The lowest BCUT2D eigenvalue weighted by Gasteiger charge is -2.22. The van der Waals surface area contributed by atoms with Gasteiger partial charge in [0.05, 0.1) is 12.9 Å². The number of aliphatic hydroxyl groups excluding tert-OH is 1. The third kappa shape index (κ3) is 7.01. The van der Waals surface area contributed by atoms with Gasteiger partial charge < -0.3 is 30.4 Å². The largest absolute Gasteiger partial charge is 0.461 e. The molecule has 0 aliphatic rings. The maximum Gasteiger partial charge on any atom is 0.408 e. The number of nitrogen functional groups attached to an aromatic ring is 1. The van der Waals surface area contributed by atoms with Crippen LogP contribution < -0.4 is 16.6 Å². The molecule has 0 aliphatic carbocycles. The van der Waals surface area contributed by atoms with E-state index in [0.717, 1.165) is 5.56 Å². The van der Waals surface area contributed by atoms with Gasteiger partial charge in [-0.3, -0.25) is 14.3 Å². The lowest BCUT2D eigenvalue weighted by molar-refractivity contribution is -0.154. The van der Waals surface area contributed by atoms with Crippen molar-refractivity contribution >= 4 is 29.2 Å². The summed E-state index contributed by atoms with van der Waals surface area (Å²) in [5.41, 5.74) is 6.17. The van der Waals surface area contributed by atoms with Crippen molar-refractivity contribution in [2.24, 2.45) is 5.92 Å². The Hall–Kier alpha value is -3.97. The van der Waals surface area contributed by atoms with Crippen LogP contribution in [0.25, 0.3) is 11.2 Å². The van der Waals surface area contributed by atoms with Crippen molar-refractivity contribution in [2.75, 3.05) is 18.9 Å². The second-order valence-corrected chi connectivity index (χ2v) is 8.00. The van der Waals surface area contributed by atoms with Gasteiger partial charge in [0.1, 0.15) is 32.1 Å². The number of esters is 1. The van der Waals surface area contributed by atoms with E-state index in [1.165, 1.54) is 10.9 Å². The lowest BCUT2D eigenvalue weighted by atomic mass is 10.1. The number of benzene rings is 1. The first-order valence-electron chi connectivity index (χ1n) is 10.9. The van der Waals surface area contributed by atoms with Crippen LogP contribution in [0.3, 0.4) is 0 Å². The topological polar surface area (TPSA) is 184 Å². The SMILES string of the molecule is CC(C)C(NC(=O)OCc1ccccc1)C(=O)OC[C@H](CO)OCn1cnc2c(=O)[nH]c(N)nc21. The molecular formula is C22H28N6O7. The van der Waals surface area contributed by atoms with Crippen molar-refractivity contribution < 1.29 is 28.9 Å². The Kier molecular flexibility index (Phi) is 8.75. The van der Waals surface area contributed by atoms with E-state index in [2.05, 4.69) is 20.3 Å². The molecule has 3 rings (SSSR count). The highest BCUT2D eigenvalue weighted by Crippen LogP contribution is 2.09. The summed E-state index contributed by atoms with van der Waals surface area (Å²) in [6.07, 6.45) is -0.297. The minimum Gasteiger partial charge on any atom is -0.461 e. The third-order valence-corrected chi connectivity index (χ3v) is 4.96. The summed E-state index contributed by atoms with van der Waals surface area (Å²) in [4.78, 5) is 46.9. The smallest absolute Gasteiger partial charge is 0.408 e. The molecule has 2 atom stereocenters. The number of ether oxygens (including phenoxy) is 3. The Balaban J connectivity index is 1.51. The number of fused-ring (bicyclic) bond motifs is 1. The van der Waals surface area contributed by atoms with Gasteiger partial charge in [-0.2, -0.15) is 4.98 Å². The molecule has 0 saturated heterocycles. The molecule has 0 spiro atoms. The van der Waals surface area contributed by atoms with Gasteiger partial charge in [0, 0.05) is 0 Å². The Labute approximate surface area is 200 Å². The van der Waals surface area contributed by atoms with Gasteiger partial charge in [0.25, 0.3) is 5.56 Å². The van der Waals surface area contributed by atoms with E-state index in [1.807, 2.05) is 30.3 Å². The number of aromatic amines is 1. The first-order chi connectivity index (χ1) is 16.8. The van der Waals surface area contributed by atoms with Crippen LogP contribution in [-0.2, 0) is 32.3 Å². The molecule has 0 fully saturated rings. The molecule has 1 aromatic carbocycles. The van der Waals surface area contributed by atoms with Crippen LogP contribution in [0, 0.1) is 5.92 Å². The molecule has 0 aliphatic heterocycles. The number of carbonyl (C=O) groups excluding carboxylic acids is 2. The summed E-state index contributed by atoms with van der Waals surface area (Å²) in [5, 5.41) is 12.1. The summed E-state index contributed by atoms with van der Waals surface area (Å²) < 4.78 is 17.4. The van der Waals surface area contributed by atoms with E-state index < -0.39 is 36.4 Å². The standard InChI is InChI=1S/C22H28N6O7/c1-13(2)16(25-22(32)34-9-14-6-4-3-5-7-14)20(31)33-10-15(8-29)35-12-28-11-24-17-18(28)26-21(23)27-19(17)30/h3-7,11,13,15-16,29H,8-10,12H2,1-2H3,(H,25,32)(H3,23,26,27,30)/t15-,16?/m0/s1. The highest BCUT2D eigenvalue weighted by Gasteiger charge is 2.27. The fourth-order valence-corrected chi connectivity index (χ4v) is 3.06. The summed E-state index contributed by atoms with van der Waals surface area (Å²) >= 11 is 0. The lowest BCUT2D eigenvalue weighted by Crippen LogP contribution is -2.46. The van der Waals surface area contributed by atoms with Crippen LogP contribution in [0.2, 0.25) is 0 Å². The quantitative estimate of drug-likeness (QED) is 0.278. The Morgan fingerprint density at radius 3 is 2.66 bits per heavy atom. The van der Waals surface area contributed by atoms with Gasteiger partial charge in [-0.15, -0.1) is 0 Å². The van der Waals surface area contributed by atoms with Crippen molar-refractivity contribution in [3.8, 4) is 0 Å². The molecule has 0 radical (unpaired) electrons. The highest BCUT2D eigenvalue weighted by atomic mass is 16.6. The predicted molar refractivity (Wildman–Crippen MR) is 124 cm³/mol. The van der Waals surface area contributed by atoms with Gasteiger partial charge in [-0.05, 0) is 11.5 Å². The molecule has 2 aromatic heterocycles. The maximum absolute atomic E-state index is 12.6. The van der Waals surface area contributed by atoms with Crippen LogP contribution >= 0.6 is 0 Å². The zero-order valence-corrected chi connectivity index (χ0v) is 19.3. The van der Waals surface area contributed by atoms with E-state index >= 15 is 0 Å². The zero-order valence-electron chi connectivity index (χ0n) is 19.3. The summed E-state index contributed by atoms with van der Waals surface area (Å²) in [6.45, 7) is 2.69. The van der Waals surface area contributed by atoms with Gasteiger partial charge in [0.15, 0.2) is 11.2 Å². The average Bonchev–Trinajstić information content (AvgIpc) is 3.24. The molecule has 13 nitrogen and oxygen atoms in total. The molecule has 35 heavy (non-hydrogen) atoms. The fourth-order valence-electron chi connectivity index (χ4n) is 3.06. The van der Waals surface area contributed by atoms with Crippen LogP contribution in [0.15, 0.2) is 41.5 Å². The van der Waals surface area contributed by atoms with E-state index in [-0.39, 0.29) is 43.0 Å². The number of amides is 1. The summed E-state index contributed by atoms with van der Waals surface area (Å²) in [5.74, 6) is -1.06. The van der Waals surface area contributed by atoms with Crippen LogP contribution in [0.4, 0.5) is 10.7 Å². The Morgan fingerprint density at radius 1 is 1.23 bits per heavy atom. The van der Waals surface area contributed by atoms with Crippen molar-refractivity contribution in [3.63, 3.8) is 0 Å². The summed E-state index contributed by atoms with van der Waals surface area (Å²) in [6, 6.07) is 8.16. The molecule has 2 heterocycles. The van der Waals surface area contributed by atoms with Gasteiger partial charge in [0.2, 0.25) is 5.95 Å². The zero-order chi connectivity index (χ0) is 25.4. The molecule has 3 aromatic rings. The molecule has 1 unspecified atom stereocenters. The van der Waals surface area contributed by atoms with E-state index in [9.17, 15) is 19.5 Å². The highest BCUT2D eigenvalue weighted by molar-refractivity contribution is 5.81. The minimum atomic E-state index is -0.964. The number of nitrogens with one attached hydrogen (secondary N) is 2.